The molecule has 0 spiro atoms. The average Bonchev–Trinajstić information content (AvgIpc) is 3.12. The second-order valence-electron chi connectivity index (χ2n) is 7.51. The smallest absolute Gasteiger partial charge is 0.387 e. The maximum absolute atomic E-state index is 12.6. The Hall–Kier alpha value is -2.62. The number of benzene rings is 3. The Labute approximate surface area is 205 Å². The van der Waals surface area contributed by atoms with Gasteiger partial charge in [0.15, 0.2) is 6.54 Å². The van der Waals surface area contributed by atoms with Crippen molar-refractivity contribution < 1.29 is 44.9 Å². The maximum atomic E-state index is 12.6. The van der Waals surface area contributed by atoms with E-state index in [4.69, 9.17) is 4.74 Å². The van der Waals surface area contributed by atoms with Crippen LogP contribution in [0, 0.1) is 0 Å². The standard InChI is InChI=1S/C24H21F2N2O3S.BrH/c1-30-18-12-8-17(9-13-18)28-22-14-32-21-5-3-2-4-20(21)27(22)15-24(28,29)16-6-10-19(11-7-16)31-23(25)26;/h2-13,23,29H,14-15H2,1H3;1H/q+1;/p-1. The quantitative estimate of drug-likeness (QED) is 0.506. The number of halogens is 3. The van der Waals surface area contributed by atoms with E-state index in [1.807, 2.05) is 47.4 Å². The predicted molar refractivity (Wildman–Crippen MR) is 119 cm³/mol. The minimum absolute atomic E-state index is 0. The van der Waals surface area contributed by atoms with Crippen LogP contribution in [0.3, 0.4) is 0 Å². The highest BCUT2D eigenvalue weighted by molar-refractivity contribution is 8.00. The molecule has 5 rings (SSSR count). The summed E-state index contributed by atoms with van der Waals surface area (Å²) in [5.41, 5.74) is 1.01. The Morgan fingerprint density at radius 2 is 1.67 bits per heavy atom. The third kappa shape index (κ3) is 4.20. The van der Waals surface area contributed by atoms with Gasteiger partial charge in [-0.25, -0.2) is 4.58 Å². The van der Waals surface area contributed by atoms with Gasteiger partial charge in [0, 0.05) is 5.56 Å². The number of fused-ring (bicyclic) bond motifs is 2. The van der Waals surface area contributed by atoms with Crippen molar-refractivity contribution >= 4 is 29.0 Å². The van der Waals surface area contributed by atoms with E-state index in [9.17, 15) is 13.9 Å². The number of ether oxygens (including phenoxy) is 2. The van der Waals surface area contributed by atoms with E-state index in [1.54, 1.807) is 31.0 Å². The van der Waals surface area contributed by atoms with E-state index < -0.39 is 12.3 Å². The molecule has 0 fully saturated rings. The molecule has 0 aromatic heterocycles. The molecule has 0 saturated heterocycles. The van der Waals surface area contributed by atoms with Crippen LogP contribution in [-0.2, 0) is 5.72 Å². The molecule has 0 saturated carbocycles. The summed E-state index contributed by atoms with van der Waals surface area (Å²) in [6, 6.07) is 21.8. The van der Waals surface area contributed by atoms with Crippen LogP contribution in [0.4, 0.5) is 20.2 Å². The molecule has 0 radical (unpaired) electrons. The number of thioether (sulfide) groups is 1. The number of alkyl halides is 2. The molecular weight excluding hydrogens is 514 g/mol. The number of hydrogen-bond donors (Lipinski definition) is 1. The van der Waals surface area contributed by atoms with Crippen LogP contribution in [0.25, 0.3) is 0 Å². The van der Waals surface area contributed by atoms with Crippen molar-refractivity contribution in [2.75, 3.05) is 24.3 Å². The first-order valence-electron chi connectivity index (χ1n) is 10.1. The molecule has 3 aromatic carbocycles. The van der Waals surface area contributed by atoms with Crippen LogP contribution in [0.1, 0.15) is 5.56 Å². The number of para-hydroxylation sites is 1. The molecule has 2 aliphatic heterocycles. The molecule has 5 nitrogen and oxygen atoms in total. The van der Waals surface area contributed by atoms with Crippen molar-refractivity contribution in [2.45, 2.75) is 17.2 Å². The number of nitrogens with zero attached hydrogens (tertiary/aromatic N) is 2. The fourth-order valence-corrected chi connectivity index (χ4v) is 5.32. The lowest BCUT2D eigenvalue weighted by atomic mass is 10.0. The number of amidine groups is 1. The van der Waals surface area contributed by atoms with E-state index in [2.05, 4.69) is 15.4 Å². The molecule has 33 heavy (non-hydrogen) atoms. The molecule has 0 aliphatic carbocycles. The highest BCUT2D eigenvalue weighted by atomic mass is 79.9. The zero-order chi connectivity index (χ0) is 22.3. The van der Waals surface area contributed by atoms with Gasteiger partial charge in [0.1, 0.15) is 28.6 Å². The highest BCUT2D eigenvalue weighted by Gasteiger charge is 2.55. The van der Waals surface area contributed by atoms with Crippen LogP contribution in [0.15, 0.2) is 77.7 Å². The van der Waals surface area contributed by atoms with Crippen LogP contribution < -0.4 is 31.4 Å². The molecule has 172 valence electrons. The van der Waals surface area contributed by atoms with Crippen molar-refractivity contribution in [2.24, 2.45) is 0 Å². The fourth-order valence-electron chi connectivity index (χ4n) is 4.25. The van der Waals surface area contributed by atoms with E-state index in [-0.39, 0.29) is 22.7 Å². The molecule has 2 aliphatic rings. The van der Waals surface area contributed by atoms with Crippen LogP contribution in [0.2, 0.25) is 0 Å². The Morgan fingerprint density at radius 3 is 2.33 bits per heavy atom. The molecule has 1 N–H and O–H groups in total. The normalized spacial score (nSPS) is 19.1. The summed E-state index contributed by atoms with van der Waals surface area (Å²) in [4.78, 5) is 3.06. The van der Waals surface area contributed by atoms with Crippen LogP contribution in [0.5, 0.6) is 11.5 Å². The first kappa shape index (κ1) is 23.5. The minimum Gasteiger partial charge on any atom is -1.00 e. The zero-order valence-corrected chi connectivity index (χ0v) is 20.0. The van der Waals surface area contributed by atoms with E-state index in [1.165, 1.54) is 12.1 Å². The summed E-state index contributed by atoms with van der Waals surface area (Å²) < 4.78 is 37.1. The number of aliphatic hydroxyl groups is 1. The number of anilines is 1. The third-order valence-electron chi connectivity index (χ3n) is 5.70. The lowest BCUT2D eigenvalue weighted by molar-refractivity contribution is -0.453. The van der Waals surface area contributed by atoms with Gasteiger partial charge in [-0.1, -0.05) is 12.1 Å². The van der Waals surface area contributed by atoms with Gasteiger partial charge in [-0.05, 0) is 60.7 Å². The molecule has 1 unspecified atom stereocenters. The third-order valence-corrected chi connectivity index (χ3v) is 6.76. The van der Waals surface area contributed by atoms with E-state index >= 15 is 0 Å². The summed E-state index contributed by atoms with van der Waals surface area (Å²) in [6.45, 7) is -2.61. The molecule has 3 aromatic rings. The summed E-state index contributed by atoms with van der Waals surface area (Å²) in [5, 5.41) is 12.1. The van der Waals surface area contributed by atoms with Gasteiger partial charge >= 0.3 is 6.61 Å². The second kappa shape index (κ2) is 9.32. The predicted octanol–water partition coefficient (Wildman–Crippen LogP) is 1.81. The number of rotatable bonds is 5. The number of hydrogen-bond acceptors (Lipinski definition) is 5. The second-order valence-corrected chi connectivity index (χ2v) is 8.53. The largest absolute Gasteiger partial charge is 1.00 e. The van der Waals surface area contributed by atoms with E-state index in [0.29, 0.717) is 17.9 Å². The maximum Gasteiger partial charge on any atom is 0.387 e. The molecule has 1 atom stereocenters. The monoisotopic (exact) mass is 534 g/mol. The first-order valence-corrected chi connectivity index (χ1v) is 11.1. The average molecular weight is 535 g/mol. The Morgan fingerprint density at radius 1 is 1.00 bits per heavy atom. The molecule has 9 heteroatoms. The number of methoxy groups -OCH3 is 1. The van der Waals surface area contributed by atoms with Crippen molar-refractivity contribution in [3.8, 4) is 11.5 Å². The lowest BCUT2D eigenvalue weighted by Gasteiger charge is -2.29. The molecule has 0 bridgehead atoms. The van der Waals surface area contributed by atoms with Crippen molar-refractivity contribution in [1.82, 2.24) is 0 Å². The van der Waals surface area contributed by atoms with Gasteiger partial charge in [0.05, 0.1) is 12.0 Å². The summed E-state index contributed by atoms with van der Waals surface area (Å²) >= 11 is 1.72. The zero-order valence-electron chi connectivity index (χ0n) is 17.6. The summed E-state index contributed by atoms with van der Waals surface area (Å²) in [7, 11) is 1.61. The van der Waals surface area contributed by atoms with E-state index in [0.717, 1.165) is 27.9 Å². The van der Waals surface area contributed by atoms with Gasteiger partial charge in [0.2, 0.25) is 0 Å². The van der Waals surface area contributed by atoms with Crippen molar-refractivity contribution in [1.29, 1.82) is 0 Å². The highest BCUT2D eigenvalue weighted by Crippen LogP contribution is 2.44. The lowest BCUT2D eigenvalue weighted by Crippen LogP contribution is -3.00. The Balaban J connectivity index is 0.00000259. The fraction of sp³-hybridized carbons (Fsp3) is 0.208. The topological polar surface area (TPSA) is 44.9 Å². The van der Waals surface area contributed by atoms with Crippen LogP contribution in [-0.4, -0.2) is 41.5 Å². The van der Waals surface area contributed by atoms with Gasteiger partial charge < -0.3 is 31.6 Å². The Bertz CT molecular complexity index is 1180. The summed E-state index contributed by atoms with van der Waals surface area (Å²) in [6.07, 6.45) is 0. The summed E-state index contributed by atoms with van der Waals surface area (Å²) in [5.74, 6) is 2.40. The van der Waals surface area contributed by atoms with Gasteiger partial charge in [0.25, 0.3) is 11.6 Å². The first-order chi connectivity index (χ1) is 15.5. The molecule has 0 amide bonds. The van der Waals surface area contributed by atoms with Crippen molar-refractivity contribution in [3.05, 3.63) is 78.4 Å². The van der Waals surface area contributed by atoms with Crippen molar-refractivity contribution in [3.63, 3.8) is 0 Å². The van der Waals surface area contributed by atoms with Gasteiger partial charge in [-0.2, -0.15) is 13.7 Å². The van der Waals surface area contributed by atoms with Crippen LogP contribution >= 0.6 is 11.8 Å². The Kier molecular flexibility index (Phi) is 6.65. The molecular formula is C24H21BrF2N2O3S. The SMILES string of the molecule is COc1ccc(N2C3=[N+](CC2(O)c2ccc(OC(F)F)cc2)c2ccccc2SC3)cc1.[Br-]. The van der Waals surface area contributed by atoms with Gasteiger partial charge in [-0.15, -0.1) is 11.8 Å². The minimum atomic E-state index is -2.90. The van der Waals surface area contributed by atoms with Gasteiger partial charge in [-0.3, -0.25) is 0 Å². The molecule has 2 heterocycles.